The zero-order valence-electron chi connectivity index (χ0n) is 8.50. The zero-order chi connectivity index (χ0) is 10.2. The van der Waals surface area contributed by atoms with E-state index in [4.69, 9.17) is 0 Å². The normalized spacial score (nSPS) is 9.71. The molecule has 1 aromatic carbocycles. The van der Waals surface area contributed by atoms with Gasteiger partial charge in [-0.15, -0.1) is 6.58 Å². The first-order valence-electron chi connectivity index (χ1n) is 4.90. The lowest BCUT2D eigenvalue weighted by Gasteiger charge is -2.02. The lowest BCUT2D eigenvalue weighted by Crippen LogP contribution is -2.16. The van der Waals surface area contributed by atoms with Crippen molar-refractivity contribution in [1.82, 2.24) is 5.32 Å². The standard InChI is InChI=1S/C13H17N/c1-3-10-14-11-9-13-7-5-12(4-2)6-8-13/h3-8,14H,1-2,9-11H2. The molecule has 0 aliphatic carbocycles. The zero-order valence-corrected chi connectivity index (χ0v) is 8.50. The van der Waals surface area contributed by atoms with E-state index in [1.807, 2.05) is 12.2 Å². The van der Waals surface area contributed by atoms with Crippen molar-refractivity contribution in [2.75, 3.05) is 13.1 Å². The summed E-state index contributed by atoms with van der Waals surface area (Å²) < 4.78 is 0. The van der Waals surface area contributed by atoms with Crippen LogP contribution in [0.5, 0.6) is 0 Å². The van der Waals surface area contributed by atoms with Crippen LogP contribution in [0, 0.1) is 0 Å². The largest absolute Gasteiger partial charge is 0.313 e. The van der Waals surface area contributed by atoms with E-state index in [0.29, 0.717) is 0 Å². The topological polar surface area (TPSA) is 12.0 Å². The van der Waals surface area contributed by atoms with Crippen LogP contribution in [0.15, 0.2) is 43.5 Å². The molecule has 0 bridgehead atoms. The van der Waals surface area contributed by atoms with Gasteiger partial charge < -0.3 is 5.32 Å². The van der Waals surface area contributed by atoms with Gasteiger partial charge in [0.15, 0.2) is 0 Å². The summed E-state index contributed by atoms with van der Waals surface area (Å²) in [7, 11) is 0. The molecule has 0 amide bonds. The van der Waals surface area contributed by atoms with Crippen LogP contribution in [0.4, 0.5) is 0 Å². The lowest BCUT2D eigenvalue weighted by molar-refractivity contribution is 0.745. The fourth-order valence-corrected chi connectivity index (χ4v) is 1.26. The van der Waals surface area contributed by atoms with E-state index in [1.54, 1.807) is 0 Å². The molecule has 0 aromatic heterocycles. The van der Waals surface area contributed by atoms with Gasteiger partial charge in [-0.3, -0.25) is 0 Å². The van der Waals surface area contributed by atoms with Gasteiger partial charge in [-0.2, -0.15) is 0 Å². The maximum atomic E-state index is 3.72. The second kappa shape index (κ2) is 6.17. The number of hydrogen-bond donors (Lipinski definition) is 1. The summed E-state index contributed by atoms with van der Waals surface area (Å²) in [4.78, 5) is 0. The Morgan fingerprint density at radius 3 is 2.43 bits per heavy atom. The van der Waals surface area contributed by atoms with E-state index in [0.717, 1.165) is 19.5 Å². The molecule has 1 aromatic rings. The molecule has 0 heterocycles. The molecule has 0 aliphatic rings. The van der Waals surface area contributed by atoms with Crippen molar-refractivity contribution in [3.8, 4) is 0 Å². The molecule has 0 saturated carbocycles. The van der Waals surface area contributed by atoms with Crippen LogP contribution < -0.4 is 5.32 Å². The molecule has 74 valence electrons. The van der Waals surface area contributed by atoms with E-state index in [1.165, 1.54) is 11.1 Å². The monoisotopic (exact) mass is 187 g/mol. The highest BCUT2D eigenvalue weighted by Gasteiger charge is 1.91. The fourth-order valence-electron chi connectivity index (χ4n) is 1.26. The molecule has 0 unspecified atom stereocenters. The van der Waals surface area contributed by atoms with Crippen LogP contribution in [0.2, 0.25) is 0 Å². The SMILES string of the molecule is C=CCNCCc1ccc(C=C)cc1. The van der Waals surface area contributed by atoms with Gasteiger partial charge in [-0.1, -0.05) is 43.0 Å². The smallest absolute Gasteiger partial charge is 0.0132 e. The third-order valence-electron chi connectivity index (χ3n) is 2.09. The van der Waals surface area contributed by atoms with Crippen molar-refractivity contribution < 1.29 is 0 Å². The molecule has 1 rings (SSSR count). The molecule has 14 heavy (non-hydrogen) atoms. The summed E-state index contributed by atoms with van der Waals surface area (Å²) >= 11 is 0. The number of hydrogen-bond acceptors (Lipinski definition) is 1. The van der Waals surface area contributed by atoms with Gasteiger partial charge >= 0.3 is 0 Å². The van der Waals surface area contributed by atoms with Crippen molar-refractivity contribution >= 4 is 6.08 Å². The molecule has 1 N–H and O–H groups in total. The van der Waals surface area contributed by atoms with Crippen LogP contribution in [-0.4, -0.2) is 13.1 Å². The summed E-state index contributed by atoms with van der Waals surface area (Å²) in [5, 5.41) is 3.27. The van der Waals surface area contributed by atoms with Crippen LogP contribution in [0.25, 0.3) is 6.08 Å². The number of nitrogens with one attached hydrogen (secondary N) is 1. The number of rotatable bonds is 6. The van der Waals surface area contributed by atoms with Crippen LogP contribution in [-0.2, 0) is 6.42 Å². The molecule has 0 spiro atoms. The Morgan fingerprint density at radius 2 is 1.86 bits per heavy atom. The first-order valence-corrected chi connectivity index (χ1v) is 4.90. The molecule has 0 fully saturated rings. The van der Waals surface area contributed by atoms with Crippen molar-refractivity contribution in [2.45, 2.75) is 6.42 Å². The van der Waals surface area contributed by atoms with Crippen LogP contribution in [0.3, 0.4) is 0 Å². The van der Waals surface area contributed by atoms with E-state index >= 15 is 0 Å². The van der Waals surface area contributed by atoms with Gasteiger partial charge in [-0.05, 0) is 24.1 Å². The molecule has 0 atom stereocenters. The van der Waals surface area contributed by atoms with Crippen molar-refractivity contribution in [1.29, 1.82) is 0 Å². The van der Waals surface area contributed by atoms with Gasteiger partial charge in [0, 0.05) is 6.54 Å². The van der Waals surface area contributed by atoms with E-state index in [-0.39, 0.29) is 0 Å². The van der Waals surface area contributed by atoms with Crippen molar-refractivity contribution in [3.05, 3.63) is 54.6 Å². The summed E-state index contributed by atoms with van der Waals surface area (Å²) in [5.74, 6) is 0. The Bertz CT molecular complexity index is 285. The van der Waals surface area contributed by atoms with E-state index in [2.05, 4.69) is 42.7 Å². The van der Waals surface area contributed by atoms with Crippen molar-refractivity contribution in [3.63, 3.8) is 0 Å². The van der Waals surface area contributed by atoms with Crippen molar-refractivity contribution in [2.24, 2.45) is 0 Å². The summed E-state index contributed by atoms with van der Waals surface area (Å²) in [5.41, 5.74) is 2.53. The minimum absolute atomic E-state index is 0.880. The van der Waals surface area contributed by atoms with E-state index < -0.39 is 0 Å². The average molecular weight is 187 g/mol. The Balaban J connectivity index is 2.36. The second-order valence-electron chi connectivity index (χ2n) is 3.19. The van der Waals surface area contributed by atoms with Gasteiger partial charge in [0.1, 0.15) is 0 Å². The Labute approximate surface area is 86.2 Å². The van der Waals surface area contributed by atoms with Crippen LogP contribution in [0.1, 0.15) is 11.1 Å². The molecular formula is C13H17N. The predicted molar refractivity (Wildman–Crippen MR) is 63.3 cm³/mol. The molecular weight excluding hydrogens is 170 g/mol. The number of benzene rings is 1. The summed E-state index contributed by atoms with van der Waals surface area (Å²) in [6, 6.07) is 8.48. The van der Waals surface area contributed by atoms with Crippen LogP contribution >= 0.6 is 0 Å². The third-order valence-corrected chi connectivity index (χ3v) is 2.09. The van der Waals surface area contributed by atoms with Gasteiger partial charge in [0.25, 0.3) is 0 Å². The maximum absolute atomic E-state index is 3.72. The minimum atomic E-state index is 0.880. The average Bonchev–Trinajstić information content (AvgIpc) is 2.25. The first-order chi connectivity index (χ1) is 6.86. The highest BCUT2D eigenvalue weighted by molar-refractivity contribution is 5.47. The predicted octanol–water partition coefficient (Wildman–Crippen LogP) is 2.65. The first kappa shape index (κ1) is 10.7. The maximum Gasteiger partial charge on any atom is 0.0132 e. The summed E-state index contributed by atoms with van der Waals surface area (Å²) in [6.07, 6.45) is 4.80. The summed E-state index contributed by atoms with van der Waals surface area (Å²) in [6.45, 7) is 9.26. The highest BCUT2D eigenvalue weighted by Crippen LogP contribution is 2.05. The van der Waals surface area contributed by atoms with Gasteiger partial charge in [0.2, 0.25) is 0 Å². The van der Waals surface area contributed by atoms with E-state index in [9.17, 15) is 0 Å². The Kier molecular flexibility index (Phi) is 4.73. The molecule has 1 heteroatoms. The minimum Gasteiger partial charge on any atom is -0.313 e. The quantitative estimate of drug-likeness (QED) is 0.533. The Hall–Kier alpha value is -1.34. The Morgan fingerprint density at radius 1 is 1.14 bits per heavy atom. The molecule has 1 nitrogen and oxygen atoms in total. The van der Waals surface area contributed by atoms with Gasteiger partial charge in [-0.25, -0.2) is 0 Å². The third kappa shape index (κ3) is 3.58. The van der Waals surface area contributed by atoms with Gasteiger partial charge in [0.05, 0.1) is 0 Å². The second-order valence-corrected chi connectivity index (χ2v) is 3.19. The molecule has 0 radical (unpaired) electrons. The molecule has 0 aliphatic heterocycles. The molecule has 0 saturated heterocycles. The fraction of sp³-hybridized carbons (Fsp3) is 0.231. The lowest BCUT2D eigenvalue weighted by atomic mass is 10.1. The highest BCUT2D eigenvalue weighted by atomic mass is 14.8.